The average Bonchev–Trinajstić information content (AvgIpc) is 3.11. The SMILES string of the molecule is CC(=O)N1[C@@H](C(=O)OCC(=O)N(C)C)CS[C@@H]1c1ccco1. The highest BCUT2D eigenvalue weighted by molar-refractivity contribution is 7.99. The molecule has 0 unspecified atom stereocenters. The first kappa shape index (κ1) is 16.4. The number of likely N-dealkylation sites (N-methyl/N-ethyl adjacent to an activating group) is 1. The number of carbonyl (C=O) groups excluding carboxylic acids is 3. The van der Waals surface area contributed by atoms with Gasteiger partial charge in [0.05, 0.1) is 6.26 Å². The van der Waals surface area contributed by atoms with E-state index in [-0.39, 0.29) is 23.8 Å². The number of nitrogens with zero attached hydrogens (tertiary/aromatic N) is 2. The highest BCUT2D eigenvalue weighted by Gasteiger charge is 2.43. The Bertz CT molecular complexity index is 558. The van der Waals surface area contributed by atoms with E-state index in [0.717, 1.165) is 0 Å². The molecule has 2 amide bonds. The molecule has 7 nitrogen and oxygen atoms in total. The summed E-state index contributed by atoms with van der Waals surface area (Å²) in [6, 6.07) is 2.78. The number of carbonyl (C=O) groups is 3. The third-order valence-electron chi connectivity index (χ3n) is 3.26. The Labute approximate surface area is 132 Å². The van der Waals surface area contributed by atoms with Crippen molar-refractivity contribution < 1.29 is 23.5 Å². The molecule has 1 saturated heterocycles. The molecule has 0 saturated carbocycles. The molecule has 1 aromatic rings. The lowest BCUT2D eigenvalue weighted by Crippen LogP contribution is -2.43. The lowest BCUT2D eigenvalue weighted by atomic mass is 10.2. The fraction of sp³-hybridized carbons (Fsp3) is 0.500. The predicted molar refractivity (Wildman–Crippen MR) is 79.9 cm³/mol. The van der Waals surface area contributed by atoms with E-state index in [2.05, 4.69) is 0 Å². The molecule has 2 atom stereocenters. The van der Waals surface area contributed by atoms with Crippen LogP contribution in [0.2, 0.25) is 0 Å². The monoisotopic (exact) mass is 326 g/mol. The topological polar surface area (TPSA) is 80.1 Å². The Morgan fingerprint density at radius 1 is 1.45 bits per heavy atom. The maximum atomic E-state index is 12.2. The Kier molecular flexibility index (Phi) is 5.12. The Morgan fingerprint density at radius 2 is 2.18 bits per heavy atom. The van der Waals surface area contributed by atoms with Gasteiger partial charge in [-0.3, -0.25) is 9.59 Å². The molecule has 0 aromatic carbocycles. The van der Waals surface area contributed by atoms with Crippen molar-refractivity contribution in [3.8, 4) is 0 Å². The van der Waals surface area contributed by atoms with Crippen LogP contribution in [0.4, 0.5) is 0 Å². The lowest BCUT2D eigenvalue weighted by molar-refractivity contribution is -0.157. The summed E-state index contributed by atoms with van der Waals surface area (Å²) in [7, 11) is 3.16. The van der Waals surface area contributed by atoms with Gasteiger partial charge in [-0.15, -0.1) is 11.8 Å². The molecular weight excluding hydrogens is 308 g/mol. The second-order valence-electron chi connectivity index (χ2n) is 5.04. The number of hydrogen-bond donors (Lipinski definition) is 0. The molecule has 0 spiro atoms. The van der Waals surface area contributed by atoms with Crippen LogP contribution in [0.25, 0.3) is 0 Å². The van der Waals surface area contributed by atoms with Crippen molar-refractivity contribution in [2.75, 3.05) is 26.5 Å². The van der Waals surface area contributed by atoms with Crippen LogP contribution in [-0.2, 0) is 19.1 Å². The third kappa shape index (κ3) is 3.44. The zero-order chi connectivity index (χ0) is 16.3. The van der Waals surface area contributed by atoms with Gasteiger partial charge >= 0.3 is 5.97 Å². The van der Waals surface area contributed by atoms with Crippen LogP contribution in [0.5, 0.6) is 0 Å². The third-order valence-corrected chi connectivity index (χ3v) is 4.54. The van der Waals surface area contributed by atoms with Crippen LogP contribution < -0.4 is 0 Å². The van der Waals surface area contributed by atoms with Gasteiger partial charge in [-0.1, -0.05) is 0 Å². The van der Waals surface area contributed by atoms with E-state index >= 15 is 0 Å². The van der Waals surface area contributed by atoms with E-state index in [0.29, 0.717) is 11.5 Å². The zero-order valence-corrected chi connectivity index (χ0v) is 13.5. The summed E-state index contributed by atoms with van der Waals surface area (Å²) in [5.74, 6) is -0.116. The molecule has 2 heterocycles. The van der Waals surface area contributed by atoms with E-state index < -0.39 is 12.0 Å². The van der Waals surface area contributed by atoms with Crippen LogP contribution in [0, 0.1) is 0 Å². The quantitative estimate of drug-likeness (QED) is 0.764. The molecule has 1 fully saturated rings. The molecule has 0 N–H and O–H groups in total. The van der Waals surface area contributed by atoms with Crippen LogP contribution >= 0.6 is 11.8 Å². The van der Waals surface area contributed by atoms with Crippen molar-refractivity contribution in [3.05, 3.63) is 24.2 Å². The summed E-state index contributed by atoms with van der Waals surface area (Å²) in [5.41, 5.74) is 0. The standard InChI is InChI=1S/C14H18N2O5S/c1-9(17)16-10(14(19)21-7-12(18)15(2)3)8-22-13(16)11-5-4-6-20-11/h4-6,10,13H,7-8H2,1-3H3/t10-,13-/m1/s1. The van der Waals surface area contributed by atoms with Crippen molar-refractivity contribution in [1.29, 1.82) is 0 Å². The molecular formula is C14H18N2O5S. The van der Waals surface area contributed by atoms with Gasteiger partial charge in [0.1, 0.15) is 17.2 Å². The maximum absolute atomic E-state index is 12.2. The van der Waals surface area contributed by atoms with Gasteiger partial charge in [-0.25, -0.2) is 4.79 Å². The normalized spacial score (nSPS) is 20.8. The molecule has 120 valence electrons. The second kappa shape index (κ2) is 6.87. The van der Waals surface area contributed by atoms with Gasteiger partial charge in [0, 0.05) is 26.8 Å². The summed E-state index contributed by atoms with van der Waals surface area (Å²) in [6.45, 7) is 1.07. The number of thioether (sulfide) groups is 1. The van der Waals surface area contributed by atoms with Crippen molar-refractivity contribution in [2.45, 2.75) is 18.3 Å². The smallest absolute Gasteiger partial charge is 0.330 e. The number of hydrogen-bond acceptors (Lipinski definition) is 6. The summed E-state index contributed by atoms with van der Waals surface area (Å²) < 4.78 is 10.4. The second-order valence-corrected chi connectivity index (χ2v) is 6.15. The Hall–Kier alpha value is -1.96. The number of furan rings is 1. The summed E-state index contributed by atoms with van der Waals surface area (Å²) in [4.78, 5) is 38.3. The first-order valence-corrected chi connectivity index (χ1v) is 7.77. The van der Waals surface area contributed by atoms with E-state index in [9.17, 15) is 14.4 Å². The number of rotatable bonds is 4. The summed E-state index contributed by atoms with van der Waals surface area (Å²) in [6.07, 6.45) is 1.52. The molecule has 0 aliphatic carbocycles. The lowest BCUT2D eigenvalue weighted by Gasteiger charge is -2.25. The molecule has 0 radical (unpaired) electrons. The van der Waals surface area contributed by atoms with E-state index in [4.69, 9.17) is 9.15 Å². The summed E-state index contributed by atoms with van der Waals surface area (Å²) >= 11 is 1.43. The number of ether oxygens (including phenoxy) is 1. The maximum Gasteiger partial charge on any atom is 0.330 e. The van der Waals surface area contributed by atoms with Gasteiger partial charge < -0.3 is 19.0 Å². The van der Waals surface area contributed by atoms with Crippen LogP contribution in [-0.4, -0.2) is 60.1 Å². The molecule has 1 aliphatic rings. The summed E-state index contributed by atoms with van der Waals surface area (Å²) in [5, 5.41) is -0.352. The Morgan fingerprint density at radius 3 is 2.73 bits per heavy atom. The van der Waals surface area contributed by atoms with Gasteiger partial charge in [0.2, 0.25) is 5.91 Å². The van der Waals surface area contributed by atoms with E-state index in [1.165, 1.54) is 34.7 Å². The minimum absolute atomic E-state index is 0.243. The molecule has 0 bridgehead atoms. The molecule has 22 heavy (non-hydrogen) atoms. The van der Waals surface area contributed by atoms with Gasteiger partial charge in [-0.2, -0.15) is 0 Å². The molecule has 1 aliphatic heterocycles. The van der Waals surface area contributed by atoms with Crippen LogP contribution in [0.1, 0.15) is 18.1 Å². The molecule has 8 heteroatoms. The number of esters is 1. The minimum atomic E-state index is -0.715. The molecule has 1 aromatic heterocycles. The Balaban J connectivity index is 2.05. The minimum Gasteiger partial charge on any atom is -0.466 e. The highest BCUT2D eigenvalue weighted by Crippen LogP contribution is 2.41. The van der Waals surface area contributed by atoms with Crippen molar-refractivity contribution >= 4 is 29.5 Å². The average molecular weight is 326 g/mol. The van der Waals surface area contributed by atoms with Crippen molar-refractivity contribution in [1.82, 2.24) is 9.80 Å². The number of amides is 2. The fourth-order valence-corrected chi connectivity index (χ4v) is 3.50. The van der Waals surface area contributed by atoms with E-state index in [1.807, 2.05) is 0 Å². The van der Waals surface area contributed by atoms with Gasteiger partial charge in [0.25, 0.3) is 5.91 Å². The van der Waals surface area contributed by atoms with E-state index in [1.54, 1.807) is 26.2 Å². The highest BCUT2D eigenvalue weighted by atomic mass is 32.2. The molecule has 2 rings (SSSR count). The van der Waals surface area contributed by atoms with Crippen molar-refractivity contribution in [3.63, 3.8) is 0 Å². The first-order valence-electron chi connectivity index (χ1n) is 6.72. The van der Waals surface area contributed by atoms with Gasteiger partial charge in [-0.05, 0) is 12.1 Å². The predicted octanol–water partition coefficient (Wildman–Crippen LogP) is 0.873. The zero-order valence-electron chi connectivity index (χ0n) is 12.6. The largest absolute Gasteiger partial charge is 0.466 e. The fourth-order valence-electron chi connectivity index (χ4n) is 2.08. The first-order chi connectivity index (χ1) is 10.4. The van der Waals surface area contributed by atoms with Crippen LogP contribution in [0.3, 0.4) is 0 Å². The van der Waals surface area contributed by atoms with Crippen molar-refractivity contribution in [2.24, 2.45) is 0 Å². The van der Waals surface area contributed by atoms with Crippen LogP contribution in [0.15, 0.2) is 22.8 Å². The van der Waals surface area contributed by atoms with Gasteiger partial charge in [0.15, 0.2) is 6.61 Å².